The second-order valence-electron chi connectivity index (χ2n) is 7.74. The maximum Gasteiger partial charge on any atom is 0.266 e. The number of piperidine rings is 1. The van der Waals surface area contributed by atoms with Crippen LogP contribution in [0.25, 0.3) is 0 Å². The van der Waals surface area contributed by atoms with Crippen LogP contribution < -0.4 is 0 Å². The molecular formula is C22H23NO4S2. The molecule has 1 saturated carbocycles. The van der Waals surface area contributed by atoms with E-state index in [2.05, 4.69) is 0 Å². The molecule has 0 bridgehead atoms. The van der Waals surface area contributed by atoms with Crippen molar-refractivity contribution in [2.24, 2.45) is 11.8 Å². The van der Waals surface area contributed by atoms with Crippen molar-refractivity contribution in [1.82, 2.24) is 4.31 Å². The molecule has 29 heavy (non-hydrogen) atoms. The molecule has 7 heteroatoms. The van der Waals surface area contributed by atoms with E-state index in [1.807, 2.05) is 37.3 Å². The smallest absolute Gasteiger partial charge is 0.266 e. The quantitative estimate of drug-likeness (QED) is 0.740. The Balaban J connectivity index is 1.78. The lowest BCUT2D eigenvalue weighted by molar-refractivity contribution is -0.139. The van der Waals surface area contributed by atoms with Crippen molar-refractivity contribution in [2.45, 2.75) is 40.7 Å². The van der Waals surface area contributed by atoms with Crippen molar-refractivity contribution in [1.29, 1.82) is 0 Å². The molecule has 1 amide bonds. The maximum absolute atomic E-state index is 13.8. The van der Waals surface area contributed by atoms with Crippen LogP contribution in [-0.4, -0.2) is 35.7 Å². The molecule has 3 atom stereocenters. The predicted molar refractivity (Wildman–Crippen MR) is 112 cm³/mol. The molecule has 0 N–H and O–H groups in total. The van der Waals surface area contributed by atoms with Gasteiger partial charge in [0.05, 0.1) is 4.90 Å². The molecular weight excluding hydrogens is 406 g/mol. The first-order chi connectivity index (χ1) is 13.9. The fourth-order valence-corrected chi connectivity index (χ4v) is 7.60. The second-order valence-corrected chi connectivity index (χ2v) is 11.0. The van der Waals surface area contributed by atoms with Crippen molar-refractivity contribution in [3.63, 3.8) is 0 Å². The highest BCUT2D eigenvalue weighted by molar-refractivity contribution is 8.01. The van der Waals surface area contributed by atoms with Crippen LogP contribution >= 0.6 is 11.8 Å². The first-order valence-electron chi connectivity index (χ1n) is 9.73. The monoisotopic (exact) mass is 429 g/mol. The molecule has 2 fully saturated rings. The van der Waals surface area contributed by atoms with Gasteiger partial charge >= 0.3 is 0 Å². The molecule has 2 aliphatic rings. The van der Waals surface area contributed by atoms with Gasteiger partial charge in [0.15, 0.2) is 0 Å². The highest BCUT2D eigenvalue weighted by Gasteiger charge is 2.59. The molecule has 1 heterocycles. The number of rotatable bonds is 4. The number of nitrogens with zero attached hydrogens (tertiary/aromatic N) is 1. The molecule has 1 saturated heterocycles. The number of sulfonamides is 1. The summed E-state index contributed by atoms with van der Waals surface area (Å²) in [6, 6.07) is 17.6. The fourth-order valence-electron chi connectivity index (χ4n) is 4.54. The SMILES string of the molecule is C[C@H]1CC(=O)C[C@H]2CCN(S(=O)(=O)c3ccccc3)C(=O)[C@]21Sc1ccccc1. The van der Waals surface area contributed by atoms with Gasteiger partial charge in [0.2, 0.25) is 0 Å². The number of carbonyl (C=O) groups excluding carboxylic acids is 2. The summed E-state index contributed by atoms with van der Waals surface area (Å²) in [6.45, 7) is 2.01. The molecule has 2 aromatic rings. The number of fused-ring (bicyclic) bond motifs is 1. The summed E-state index contributed by atoms with van der Waals surface area (Å²) in [5, 5.41) is 0. The maximum atomic E-state index is 13.8. The van der Waals surface area contributed by atoms with Gasteiger partial charge < -0.3 is 0 Å². The van der Waals surface area contributed by atoms with Crippen LogP contribution in [0.5, 0.6) is 0 Å². The number of hydrogen-bond acceptors (Lipinski definition) is 5. The number of carbonyl (C=O) groups is 2. The average molecular weight is 430 g/mol. The molecule has 0 radical (unpaired) electrons. The van der Waals surface area contributed by atoms with E-state index in [1.54, 1.807) is 18.2 Å². The first kappa shape index (κ1) is 20.2. The van der Waals surface area contributed by atoms with E-state index in [9.17, 15) is 18.0 Å². The molecule has 0 spiro atoms. The molecule has 4 rings (SSSR count). The molecule has 152 valence electrons. The Kier molecular flexibility index (Phi) is 5.29. The number of benzene rings is 2. The highest BCUT2D eigenvalue weighted by Crippen LogP contribution is 2.54. The Morgan fingerprint density at radius 2 is 1.59 bits per heavy atom. The van der Waals surface area contributed by atoms with Crippen LogP contribution in [0.4, 0.5) is 0 Å². The number of ketones is 1. The van der Waals surface area contributed by atoms with Gasteiger partial charge in [-0.3, -0.25) is 9.59 Å². The average Bonchev–Trinajstić information content (AvgIpc) is 2.71. The van der Waals surface area contributed by atoms with E-state index in [0.717, 1.165) is 9.20 Å². The Bertz CT molecular complexity index is 1020. The summed E-state index contributed by atoms with van der Waals surface area (Å²) < 4.78 is 26.6. The van der Waals surface area contributed by atoms with Gasteiger partial charge in [-0.2, -0.15) is 0 Å². The van der Waals surface area contributed by atoms with Crippen molar-refractivity contribution in [2.75, 3.05) is 6.54 Å². The molecule has 0 unspecified atom stereocenters. The number of amides is 1. The summed E-state index contributed by atoms with van der Waals surface area (Å²) in [6.07, 6.45) is 1.12. The van der Waals surface area contributed by atoms with E-state index < -0.39 is 20.7 Å². The van der Waals surface area contributed by atoms with Crippen LogP contribution in [0, 0.1) is 11.8 Å². The van der Waals surface area contributed by atoms with Gasteiger partial charge in [-0.25, -0.2) is 12.7 Å². The van der Waals surface area contributed by atoms with E-state index in [0.29, 0.717) is 19.3 Å². The lowest BCUT2D eigenvalue weighted by Crippen LogP contribution is -2.63. The second kappa shape index (κ2) is 7.61. The summed E-state index contributed by atoms with van der Waals surface area (Å²) in [4.78, 5) is 27.1. The normalized spacial score (nSPS) is 27.6. The Labute approximate surface area is 175 Å². The largest absolute Gasteiger partial charge is 0.300 e. The topological polar surface area (TPSA) is 71.5 Å². The standard InChI is InChI=1S/C22H23NO4S2/c1-16-14-18(24)15-17-12-13-23(29(26,27)20-10-6-3-7-11-20)21(25)22(16,17)28-19-8-4-2-5-9-19/h2-11,16-17H,12-15H2,1H3/t16-,17+,22+/m0/s1. The Morgan fingerprint density at radius 3 is 2.24 bits per heavy atom. The van der Waals surface area contributed by atoms with Crippen LogP contribution in [-0.2, 0) is 19.6 Å². The Morgan fingerprint density at radius 1 is 0.966 bits per heavy atom. The minimum Gasteiger partial charge on any atom is -0.300 e. The van der Waals surface area contributed by atoms with Gasteiger partial charge in [-0.1, -0.05) is 43.3 Å². The third kappa shape index (κ3) is 3.40. The van der Waals surface area contributed by atoms with E-state index in [1.165, 1.54) is 23.9 Å². The van der Waals surface area contributed by atoms with Crippen molar-refractivity contribution >= 4 is 33.5 Å². The third-order valence-electron chi connectivity index (χ3n) is 5.95. The minimum absolute atomic E-state index is 0.109. The molecule has 0 aromatic heterocycles. The van der Waals surface area contributed by atoms with E-state index in [-0.39, 0.29) is 29.1 Å². The lowest BCUT2D eigenvalue weighted by atomic mass is 9.68. The zero-order valence-corrected chi connectivity index (χ0v) is 17.8. The Hall–Kier alpha value is -2.12. The van der Waals surface area contributed by atoms with Crippen LogP contribution in [0.15, 0.2) is 70.5 Å². The number of hydrogen-bond donors (Lipinski definition) is 0. The molecule has 1 aliphatic carbocycles. The third-order valence-corrected chi connectivity index (χ3v) is 9.50. The van der Waals surface area contributed by atoms with Crippen LogP contribution in [0.2, 0.25) is 0 Å². The number of Topliss-reactive ketones (excluding diaryl/α,β-unsaturated/α-hetero) is 1. The van der Waals surface area contributed by atoms with Gasteiger partial charge in [0, 0.05) is 24.3 Å². The zero-order chi connectivity index (χ0) is 20.6. The number of thioether (sulfide) groups is 1. The summed E-state index contributed by atoms with van der Waals surface area (Å²) in [5.74, 6) is -0.663. The van der Waals surface area contributed by atoms with Crippen molar-refractivity contribution in [3.8, 4) is 0 Å². The van der Waals surface area contributed by atoms with Crippen molar-refractivity contribution in [3.05, 3.63) is 60.7 Å². The molecule has 2 aromatic carbocycles. The summed E-state index contributed by atoms with van der Waals surface area (Å²) >= 11 is 1.42. The van der Waals surface area contributed by atoms with E-state index in [4.69, 9.17) is 0 Å². The van der Waals surface area contributed by atoms with Gasteiger partial charge in [-0.15, -0.1) is 11.8 Å². The molecule has 1 aliphatic heterocycles. The van der Waals surface area contributed by atoms with Crippen LogP contribution in [0.1, 0.15) is 26.2 Å². The van der Waals surface area contributed by atoms with Crippen molar-refractivity contribution < 1.29 is 18.0 Å². The van der Waals surface area contributed by atoms with Crippen LogP contribution in [0.3, 0.4) is 0 Å². The summed E-state index contributed by atoms with van der Waals surface area (Å²) in [7, 11) is -3.94. The predicted octanol–water partition coefficient (Wildman–Crippen LogP) is 3.75. The van der Waals surface area contributed by atoms with Gasteiger partial charge in [-0.05, 0) is 42.5 Å². The molecule has 5 nitrogen and oxygen atoms in total. The summed E-state index contributed by atoms with van der Waals surface area (Å²) in [5.41, 5.74) is 0. The highest BCUT2D eigenvalue weighted by atomic mass is 32.2. The van der Waals surface area contributed by atoms with Gasteiger partial charge in [0.25, 0.3) is 15.9 Å². The fraction of sp³-hybridized carbons (Fsp3) is 0.364. The van der Waals surface area contributed by atoms with E-state index >= 15 is 0 Å². The van der Waals surface area contributed by atoms with Gasteiger partial charge in [0.1, 0.15) is 10.5 Å². The minimum atomic E-state index is -3.94. The zero-order valence-electron chi connectivity index (χ0n) is 16.2. The lowest BCUT2D eigenvalue weighted by Gasteiger charge is -2.51. The first-order valence-corrected chi connectivity index (χ1v) is 12.0.